The Morgan fingerprint density at radius 3 is 2.76 bits per heavy atom. The summed E-state index contributed by atoms with van der Waals surface area (Å²) >= 11 is 1.54. The summed E-state index contributed by atoms with van der Waals surface area (Å²) in [7, 11) is 1.85. The van der Waals surface area contributed by atoms with Crippen LogP contribution < -0.4 is 0 Å². The van der Waals surface area contributed by atoms with Crippen molar-refractivity contribution in [3.8, 4) is 17.2 Å². The van der Waals surface area contributed by atoms with Gasteiger partial charge in [-0.1, -0.05) is 17.8 Å². The van der Waals surface area contributed by atoms with Gasteiger partial charge in [-0.2, -0.15) is 15.5 Å². The van der Waals surface area contributed by atoms with Gasteiger partial charge in [0.15, 0.2) is 0 Å². The first-order chi connectivity index (χ1) is 16.2. The first-order valence-corrected chi connectivity index (χ1v) is 12.0. The molecule has 0 amide bonds. The zero-order valence-electron chi connectivity index (χ0n) is 18.7. The molecular formula is C25H25N7S. The molecule has 1 aliphatic carbocycles. The van der Waals surface area contributed by atoms with E-state index in [2.05, 4.69) is 45.0 Å². The second-order valence-electron chi connectivity index (χ2n) is 8.39. The van der Waals surface area contributed by atoms with Crippen LogP contribution in [0.25, 0.3) is 16.6 Å². The van der Waals surface area contributed by atoms with Gasteiger partial charge in [0.25, 0.3) is 0 Å². The SMILES string of the molecule is C/N=C/C1CCC(n2ncc(-c3cc(Sc4ccccn4)c4c(C#N)cnn4c3)c2C)CC1. The molecule has 1 fully saturated rings. The van der Waals surface area contributed by atoms with Gasteiger partial charge < -0.3 is 4.99 Å². The molecular weight excluding hydrogens is 430 g/mol. The van der Waals surface area contributed by atoms with Crippen LogP contribution >= 0.6 is 11.8 Å². The van der Waals surface area contributed by atoms with Crippen LogP contribution in [0, 0.1) is 24.2 Å². The summed E-state index contributed by atoms with van der Waals surface area (Å²) < 4.78 is 3.99. The van der Waals surface area contributed by atoms with Crippen molar-refractivity contribution in [3.05, 3.63) is 60.3 Å². The first-order valence-electron chi connectivity index (χ1n) is 11.1. The largest absolute Gasteiger partial charge is 0.301 e. The van der Waals surface area contributed by atoms with E-state index in [-0.39, 0.29) is 0 Å². The summed E-state index contributed by atoms with van der Waals surface area (Å²) in [6.45, 7) is 2.14. The van der Waals surface area contributed by atoms with E-state index >= 15 is 0 Å². The minimum absolute atomic E-state index is 0.418. The molecule has 4 heterocycles. The van der Waals surface area contributed by atoms with Gasteiger partial charge in [-0.3, -0.25) is 4.68 Å². The summed E-state index contributed by atoms with van der Waals surface area (Å²) in [4.78, 5) is 9.61. The van der Waals surface area contributed by atoms with Gasteiger partial charge in [0.05, 0.1) is 29.5 Å². The third-order valence-electron chi connectivity index (χ3n) is 6.35. The van der Waals surface area contributed by atoms with E-state index < -0.39 is 0 Å². The van der Waals surface area contributed by atoms with Gasteiger partial charge in [-0.05, 0) is 56.7 Å². The summed E-state index contributed by atoms with van der Waals surface area (Å²) in [5, 5.41) is 19.7. The predicted octanol–water partition coefficient (Wildman–Crippen LogP) is 5.36. The molecule has 0 saturated heterocycles. The molecule has 7 nitrogen and oxygen atoms in total. The van der Waals surface area contributed by atoms with Gasteiger partial charge in [-0.15, -0.1) is 0 Å². The number of nitrogens with zero attached hydrogens (tertiary/aromatic N) is 7. The average Bonchev–Trinajstić information content (AvgIpc) is 3.44. The number of fused-ring (bicyclic) bond motifs is 1. The second kappa shape index (κ2) is 9.20. The molecule has 0 N–H and O–H groups in total. The second-order valence-corrected chi connectivity index (χ2v) is 9.45. The lowest BCUT2D eigenvalue weighted by Gasteiger charge is -2.27. The lowest BCUT2D eigenvalue weighted by atomic mass is 9.86. The summed E-state index contributed by atoms with van der Waals surface area (Å²) in [6, 6.07) is 10.6. The van der Waals surface area contributed by atoms with Crippen LogP contribution in [-0.4, -0.2) is 37.6 Å². The van der Waals surface area contributed by atoms with Crippen molar-refractivity contribution in [1.29, 1.82) is 5.26 Å². The van der Waals surface area contributed by atoms with Crippen molar-refractivity contribution in [2.45, 2.75) is 48.6 Å². The lowest BCUT2D eigenvalue weighted by Crippen LogP contribution is -2.20. The van der Waals surface area contributed by atoms with Crippen molar-refractivity contribution in [3.63, 3.8) is 0 Å². The molecule has 166 valence electrons. The molecule has 4 aromatic rings. The number of nitriles is 1. The van der Waals surface area contributed by atoms with Gasteiger partial charge in [-0.25, -0.2) is 9.50 Å². The third kappa shape index (κ3) is 4.16. The normalized spacial score (nSPS) is 18.7. The molecule has 33 heavy (non-hydrogen) atoms. The molecule has 5 rings (SSSR count). The van der Waals surface area contributed by atoms with E-state index in [9.17, 15) is 5.26 Å². The highest BCUT2D eigenvalue weighted by Crippen LogP contribution is 2.37. The molecule has 1 aliphatic rings. The van der Waals surface area contributed by atoms with Gasteiger partial charge >= 0.3 is 0 Å². The zero-order chi connectivity index (χ0) is 22.8. The minimum Gasteiger partial charge on any atom is -0.301 e. The molecule has 0 atom stereocenters. The highest BCUT2D eigenvalue weighted by atomic mass is 32.2. The van der Waals surface area contributed by atoms with Crippen molar-refractivity contribution < 1.29 is 0 Å². The van der Waals surface area contributed by atoms with Crippen LogP contribution in [0.4, 0.5) is 0 Å². The van der Waals surface area contributed by atoms with E-state index in [1.807, 2.05) is 37.6 Å². The van der Waals surface area contributed by atoms with Crippen molar-refractivity contribution >= 4 is 23.5 Å². The summed E-state index contributed by atoms with van der Waals surface area (Å²) in [5.41, 5.74) is 4.64. The van der Waals surface area contributed by atoms with E-state index in [0.717, 1.165) is 57.9 Å². The molecule has 0 bridgehead atoms. The number of hydrogen-bond donors (Lipinski definition) is 0. The standard InChI is InChI=1S/C25H25N7S/c1-17-22(15-30-32(17)21-8-6-18(7-9-21)13-27-2)19-11-23(33-24-5-3-4-10-28-24)25-20(12-26)14-29-31(25)16-19/h3-5,10-11,13-16,18,21H,6-9H2,1-2H3/b27-13+. The van der Waals surface area contributed by atoms with Gasteiger partial charge in [0.2, 0.25) is 0 Å². The van der Waals surface area contributed by atoms with Crippen molar-refractivity contribution in [2.75, 3.05) is 7.05 Å². The van der Waals surface area contributed by atoms with Crippen LogP contribution in [0.3, 0.4) is 0 Å². The van der Waals surface area contributed by atoms with Crippen LogP contribution in [0.15, 0.2) is 64.0 Å². The molecule has 8 heteroatoms. The third-order valence-corrected chi connectivity index (χ3v) is 7.33. The average molecular weight is 456 g/mol. The quantitative estimate of drug-likeness (QED) is 0.379. The Balaban J connectivity index is 1.51. The van der Waals surface area contributed by atoms with E-state index in [0.29, 0.717) is 17.5 Å². The van der Waals surface area contributed by atoms with Crippen LogP contribution in [0.1, 0.15) is 43.0 Å². The first kappa shape index (κ1) is 21.4. The smallest absolute Gasteiger partial charge is 0.103 e. The van der Waals surface area contributed by atoms with Gasteiger partial charge in [0.1, 0.15) is 11.1 Å². The predicted molar refractivity (Wildman–Crippen MR) is 130 cm³/mol. The fraction of sp³-hybridized carbons (Fsp3) is 0.320. The zero-order valence-corrected chi connectivity index (χ0v) is 19.5. The Kier molecular flexibility index (Phi) is 5.97. The maximum Gasteiger partial charge on any atom is 0.103 e. The molecule has 4 aromatic heterocycles. The fourth-order valence-corrected chi connectivity index (χ4v) is 5.66. The highest BCUT2D eigenvalue weighted by Gasteiger charge is 2.24. The van der Waals surface area contributed by atoms with Crippen molar-refractivity contribution in [1.82, 2.24) is 24.4 Å². The molecule has 0 aromatic carbocycles. The number of aromatic nitrogens is 5. The highest BCUT2D eigenvalue weighted by molar-refractivity contribution is 7.99. The Labute approximate surface area is 197 Å². The minimum atomic E-state index is 0.418. The molecule has 1 saturated carbocycles. The molecule has 0 aliphatic heterocycles. The van der Waals surface area contributed by atoms with Crippen LogP contribution in [0.2, 0.25) is 0 Å². The summed E-state index contributed by atoms with van der Waals surface area (Å²) in [5.74, 6) is 0.587. The van der Waals surface area contributed by atoms with Gasteiger partial charge in [0, 0.05) is 47.4 Å². The molecule has 0 unspecified atom stereocenters. The lowest BCUT2D eigenvalue weighted by molar-refractivity contribution is 0.299. The Bertz CT molecular complexity index is 1340. The maximum absolute atomic E-state index is 9.60. The summed E-state index contributed by atoms with van der Waals surface area (Å²) in [6.07, 6.45) is 14.0. The Morgan fingerprint density at radius 1 is 1.18 bits per heavy atom. The van der Waals surface area contributed by atoms with Crippen LogP contribution in [-0.2, 0) is 0 Å². The Morgan fingerprint density at radius 2 is 2.03 bits per heavy atom. The molecule has 0 spiro atoms. The molecule has 0 radical (unpaired) electrons. The number of rotatable bonds is 5. The number of hydrogen-bond acceptors (Lipinski definition) is 6. The van der Waals surface area contributed by atoms with E-state index in [4.69, 9.17) is 5.10 Å². The maximum atomic E-state index is 9.60. The van der Waals surface area contributed by atoms with E-state index in [1.165, 1.54) is 0 Å². The van der Waals surface area contributed by atoms with E-state index in [1.54, 1.807) is 28.7 Å². The number of aliphatic imine (C=N–C) groups is 1. The van der Waals surface area contributed by atoms with Crippen LogP contribution in [0.5, 0.6) is 0 Å². The van der Waals surface area contributed by atoms with Crippen molar-refractivity contribution in [2.24, 2.45) is 10.9 Å². The Hall–Kier alpha value is -3.44. The topological polar surface area (TPSA) is 84.2 Å². The number of pyridine rings is 2. The fourth-order valence-electron chi connectivity index (χ4n) is 4.69. The monoisotopic (exact) mass is 455 g/mol.